The van der Waals surface area contributed by atoms with Gasteiger partial charge in [0.2, 0.25) is 0 Å². The molecular formula is C23H16S. The third kappa shape index (κ3) is 2.16. The minimum absolute atomic E-state index is 0.998. The van der Waals surface area contributed by atoms with Crippen LogP contribution in [-0.4, -0.2) is 0 Å². The van der Waals surface area contributed by atoms with E-state index in [4.69, 9.17) is 0 Å². The molecule has 0 saturated carbocycles. The molecule has 0 bridgehead atoms. The fourth-order valence-corrected chi connectivity index (χ4v) is 4.52. The van der Waals surface area contributed by atoms with Crippen molar-refractivity contribution in [1.29, 1.82) is 0 Å². The number of thioether (sulfide) groups is 1. The fraction of sp³-hybridized carbons (Fsp3) is 0.0435. The predicted octanol–water partition coefficient (Wildman–Crippen LogP) is 6.88. The van der Waals surface area contributed by atoms with Gasteiger partial charge in [0.05, 0.1) is 0 Å². The molecule has 0 aromatic heterocycles. The van der Waals surface area contributed by atoms with Gasteiger partial charge < -0.3 is 0 Å². The van der Waals surface area contributed by atoms with Crippen molar-refractivity contribution in [3.63, 3.8) is 0 Å². The maximum Gasteiger partial charge on any atom is 0.0238 e. The van der Waals surface area contributed by atoms with Crippen LogP contribution in [0.5, 0.6) is 0 Å². The molecule has 5 rings (SSSR count). The van der Waals surface area contributed by atoms with Crippen LogP contribution < -0.4 is 0 Å². The van der Waals surface area contributed by atoms with Crippen LogP contribution in [0.1, 0.15) is 5.56 Å². The second-order valence-electron chi connectivity index (χ2n) is 6.18. The molecule has 0 fully saturated rings. The van der Waals surface area contributed by atoms with Gasteiger partial charge in [-0.05, 0) is 50.0 Å². The van der Waals surface area contributed by atoms with E-state index in [1.807, 2.05) is 11.8 Å². The monoisotopic (exact) mass is 324 g/mol. The first-order chi connectivity index (χ1) is 11.9. The first kappa shape index (κ1) is 13.9. The zero-order valence-electron chi connectivity index (χ0n) is 13.2. The molecule has 5 aromatic carbocycles. The Morgan fingerprint density at radius 3 is 2.00 bits per heavy atom. The van der Waals surface area contributed by atoms with Crippen LogP contribution in [-0.2, 0) is 5.75 Å². The van der Waals surface area contributed by atoms with Crippen LogP contribution in [0, 0.1) is 0 Å². The summed E-state index contributed by atoms with van der Waals surface area (Å²) in [6.45, 7) is 0. The van der Waals surface area contributed by atoms with Crippen LogP contribution in [0.4, 0.5) is 0 Å². The lowest BCUT2D eigenvalue weighted by atomic mass is 9.92. The predicted molar refractivity (Wildman–Crippen MR) is 106 cm³/mol. The molecule has 0 spiro atoms. The Labute approximate surface area is 145 Å². The molecule has 0 aliphatic carbocycles. The van der Waals surface area contributed by atoms with Crippen molar-refractivity contribution in [3.05, 3.63) is 90.5 Å². The number of benzene rings is 5. The van der Waals surface area contributed by atoms with E-state index < -0.39 is 0 Å². The van der Waals surface area contributed by atoms with E-state index >= 15 is 0 Å². The van der Waals surface area contributed by atoms with Crippen molar-refractivity contribution in [2.24, 2.45) is 0 Å². The molecule has 24 heavy (non-hydrogen) atoms. The quantitative estimate of drug-likeness (QED) is 0.257. The van der Waals surface area contributed by atoms with Crippen LogP contribution >= 0.6 is 11.8 Å². The highest BCUT2D eigenvalue weighted by Crippen LogP contribution is 2.37. The van der Waals surface area contributed by atoms with Crippen LogP contribution in [0.3, 0.4) is 0 Å². The topological polar surface area (TPSA) is 0 Å². The number of rotatable bonds is 3. The molecule has 0 aliphatic heterocycles. The van der Waals surface area contributed by atoms with Gasteiger partial charge in [-0.2, -0.15) is 0 Å². The highest BCUT2D eigenvalue weighted by Gasteiger charge is 2.10. The zero-order chi connectivity index (χ0) is 15.9. The van der Waals surface area contributed by atoms with Gasteiger partial charge in [-0.25, -0.2) is 0 Å². The molecule has 0 nitrogen and oxygen atoms in total. The third-order valence-electron chi connectivity index (χ3n) is 4.76. The molecule has 0 amide bonds. The third-order valence-corrected chi connectivity index (χ3v) is 5.82. The van der Waals surface area contributed by atoms with Gasteiger partial charge in [0.15, 0.2) is 0 Å². The lowest BCUT2D eigenvalue weighted by Crippen LogP contribution is -1.88. The number of hydrogen-bond donors (Lipinski definition) is 0. The highest BCUT2D eigenvalue weighted by atomic mass is 32.2. The summed E-state index contributed by atoms with van der Waals surface area (Å²) in [5.41, 5.74) is 1.41. The molecule has 0 heterocycles. The first-order valence-corrected chi connectivity index (χ1v) is 9.22. The Morgan fingerprint density at radius 1 is 0.542 bits per heavy atom. The van der Waals surface area contributed by atoms with Crippen molar-refractivity contribution < 1.29 is 0 Å². The Kier molecular flexibility index (Phi) is 3.20. The largest absolute Gasteiger partial charge is 0.121 e. The Bertz CT molecular complexity index is 1130. The Hall–Kier alpha value is -2.51. The first-order valence-electron chi connectivity index (χ1n) is 8.23. The normalized spacial score (nSPS) is 11.7. The van der Waals surface area contributed by atoms with Gasteiger partial charge in [-0.3, -0.25) is 0 Å². The summed E-state index contributed by atoms with van der Waals surface area (Å²) in [4.78, 5) is 1.32. The maximum absolute atomic E-state index is 2.30. The summed E-state index contributed by atoms with van der Waals surface area (Å²) >= 11 is 1.90. The summed E-state index contributed by atoms with van der Waals surface area (Å²) in [7, 11) is 0. The van der Waals surface area contributed by atoms with E-state index in [-0.39, 0.29) is 0 Å². The molecule has 114 valence electrons. The Balaban J connectivity index is 1.69. The molecule has 0 atom stereocenters. The molecule has 0 unspecified atom stereocenters. The average molecular weight is 324 g/mol. The minimum atomic E-state index is 0.998. The number of hydrogen-bond acceptors (Lipinski definition) is 1. The lowest BCUT2D eigenvalue weighted by Gasteiger charge is -2.13. The van der Waals surface area contributed by atoms with Gasteiger partial charge in [0.1, 0.15) is 0 Å². The van der Waals surface area contributed by atoms with E-state index in [0.717, 1.165) is 5.75 Å². The smallest absolute Gasteiger partial charge is 0.0238 e. The SMILES string of the molecule is c1ccc(SCc2ccc3ccc4cccc5ccc2c3c45)cc1. The second-order valence-corrected chi connectivity index (χ2v) is 7.23. The fourth-order valence-electron chi connectivity index (χ4n) is 3.60. The van der Waals surface area contributed by atoms with E-state index in [9.17, 15) is 0 Å². The summed E-state index contributed by atoms with van der Waals surface area (Å²) < 4.78 is 0. The molecule has 0 N–H and O–H groups in total. The zero-order valence-corrected chi connectivity index (χ0v) is 14.0. The minimum Gasteiger partial charge on any atom is -0.121 e. The van der Waals surface area contributed by atoms with E-state index in [1.165, 1.54) is 42.8 Å². The van der Waals surface area contributed by atoms with Crippen molar-refractivity contribution >= 4 is 44.1 Å². The van der Waals surface area contributed by atoms with Gasteiger partial charge >= 0.3 is 0 Å². The van der Waals surface area contributed by atoms with E-state index in [1.54, 1.807) is 0 Å². The summed E-state index contributed by atoms with van der Waals surface area (Å²) in [6, 6.07) is 30.8. The summed E-state index contributed by atoms with van der Waals surface area (Å²) in [5.74, 6) is 0.998. The van der Waals surface area contributed by atoms with Crippen LogP contribution in [0.2, 0.25) is 0 Å². The van der Waals surface area contributed by atoms with Crippen molar-refractivity contribution in [3.8, 4) is 0 Å². The molecular weight excluding hydrogens is 308 g/mol. The second kappa shape index (κ2) is 5.54. The molecule has 1 heteroatoms. The van der Waals surface area contributed by atoms with Crippen molar-refractivity contribution in [2.75, 3.05) is 0 Å². The van der Waals surface area contributed by atoms with E-state index in [2.05, 4.69) is 84.9 Å². The molecule has 0 radical (unpaired) electrons. The van der Waals surface area contributed by atoms with Gasteiger partial charge in [-0.15, -0.1) is 11.8 Å². The summed E-state index contributed by atoms with van der Waals surface area (Å²) in [5, 5.41) is 8.20. The van der Waals surface area contributed by atoms with Crippen LogP contribution in [0.15, 0.2) is 89.8 Å². The van der Waals surface area contributed by atoms with Crippen molar-refractivity contribution in [2.45, 2.75) is 10.6 Å². The molecule has 0 aliphatic rings. The Morgan fingerprint density at radius 2 is 1.21 bits per heavy atom. The highest BCUT2D eigenvalue weighted by molar-refractivity contribution is 7.98. The van der Waals surface area contributed by atoms with Crippen LogP contribution in [0.25, 0.3) is 32.3 Å². The summed E-state index contributed by atoms with van der Waals surface area (Å²) in [6.07, 6.45) is 0. The van der Waals surface area contributed by atoms with Gasteiger partial charge in [-0.1, -0.05) is 72.8 Å². The lowest BCUT2D eigenvalue weighted by molar-refractivity contribution is 1.41. The standard InChI is InChI=1S/C23H16S/c1-2-7-20(8-3-1)24-15-19-12-11-18-10-9-16-5-4-6-17-13-14-21(19)23(18)22(16)17/h1-14H,15H2. The maximum atomic E-state index is 2.30. The van der Waals surface area contributed by atoms with Gasteiger partial charge in [0, 0.05) is 10.6 Å². The van der Waals surface area contributed by atoms with Crippen molar-refractivity contribution in [1.82, 2.24) is 0 Å². The van der Waals surface area contributed by atoms with Gasteiger partial charge in [0.25, 0.3) is 0 Å². The average Bonchev–Trinajstić information content (AvgIpc) is 2.66. The molecule has 5 aromatic rings. The van der Waals surface area contributed by atoms with E-state index in [0.29, 0.717) is 0 Å². The molecule has 0 saturated heterocycles.